The topological polar surface area (TPSA) is 42.4 Å². The van der Waals surface area contributed by atoms with Gasteiger partial charge in [0.2, 0.25) is 5.91 Å². The van der Waals surface area contributed by atoms with Crippen molar-refractivity contribution in [1.29, 1.82) is 0 Å². The molecule has 1 aliphatic heterocycles. The minimum absolute atomic E-state index is 0.222. The molecule has 1 aromatic heterocycles. The number of hydrogen-bond donors (Lipinski definition) is 0. The standard InChI is InChI=1S/C21H28N2O2S/c1-3-25-20-8-6-17(7-9-20)4-5-18-10-12-23(13-11-18)21(24)14-19-15-26-16(2)22-19/h6-9,15,18H,3-5,10-14H2,1-2H3. The van der Waals surface area contributed by atoms with E-state index in [4.69, 9.17) is 4.74 Å². The van der Waals surface area contributed by atoms with E-state index >= 15 is 0 Å². The van der Waals surface area contributed by atoms with Crippen LogP contribution in [0.25, 0.3) is 0 Å². The van der Waals surface area contributed by atoms with Crippen LogP contribution in [0, 0.1) is 12.8 Å². The minimum Gasteiger partial charge on any atom is -0.494 e. The summed E-state index contributed by atoms with van der Waals surface area (Å²) >= 11 is 1.61. The maximum atomic E-state index is 12.4. The molecule has 0 radical (unpaired) electrons. The van der Waals surface area contributed by atoms with Crippen molar-refractivity contribution in [1.82, 2.24) is 9.88 Å². The molecule has 0 saturated carbocycles. The number of likely N-dealkylation sites (tertiary alicyclic amines) is 1. The van der Waals surface area contributed by atoms with Crippen molar-refractivity contribution in [3.05, 3.63) is 45.9 Å². The average Bonchev–Trinajstić information content (AvgIpc) is 3.06. The molecule has 1 aromatic carbocycles. The van der Waals surface area contributed by atoms with Crippen LogP contribution in [0.1, 0.15) is 42.5 Å². The van der Waals surface area contributed by atoms with Crippen molar-refractivity contribution >= 4 is 17.2 Å². The molecule has 4 nitrogen and oxygen atoms in total. The zero-order valence-electron chi connectivity index (χ0n) is 15.7. The Balaban J connectivity index is 1.40. The van der Waals surface area contributed by atoms with E-state index in [2.05, 4.69) is 29.2 Å². The third-order valence-corrected chi connectivity index (χ3v) is 5.86. The molecular formula is C21H28N2O2S. The van der Waals surface area contributed by atoms with Crippen LogP contribution in [0.3, 0.4) is 0 Å². The largest absolute Gasteiger partial charge is 0.494 e. The van der Waals surface area contributed by atoms with Crippen molar-refractivity contribution in [3.63, 3.8) is 0 Å². The molecule has 1 amide bonds. The molecule has 5 heteroatoms. The third-order valence-electron chi connectivity index (χ3n) is 5.04. The van der Waals surface area contributed by atoms with E-state index < -0.39 is 0 Å². The summed E-state index contributed by atoms with van der Waals surface area (Å²) in [5, 5.41) is 3.03. The van der Waals surface area contributed by atoms with Crippen LogP contribution in [0.5, 0.6) is 5.75 Å². The Labute approximate surface area is 160 Å². The van der Waals surface area contributed by atoms with Crippen LogP contribution in [-0.2, 0) is 17.6 Å². The molecule has 1 saturated heterocycles. The number of rotatable bonds is 7. The molecule has 2 heterocycles. The highest BCUT2D eigenvalue weighted by Gasteiger charge is 2.23. The molecule has 0 aliphatic carbocycles. The van der Waals surface area contributed by atoms with E-state index in [9.17, 15) is 4.79 Å². The first-order chi connectivity index (χ1) is 12.6. The second-order valence-corrected chi connectivity index (χ2v) is 8.04. The number of hydrogen-bond acceptors (Lipinski definition) is 4. The summed E-state index contributed by atoms with van der Waals surface area (Å²) in [7, 11) is 0. The van der Waals surface area contributed by atoms with Gasteiger partial charge in [0, 0.05) is 18.5 Å². The first-order valence-corrected chi connectivity index (χ1v) is 10.4. The number of aromatic nitrogens is 1. The lowest BCUT2D eigenvalue weighted by molar-refractivity contribution is -0.131. The number of aryl methyl sites for hydroxylation is 2. The first-order valence-electron chi connectivity index (χ1n) is 9.54. The summed E-state index contributed by atoms with van der Waals surface area (Å²) in [6.45, 7) is 6.46. The van der Waals surface area contributed by atoms with Gasteiger partial charge in [-0.2, -0.15) is 0 Å². The van der Waals surface area contributed by atoms with Crippen molar-refractivity contribution in [2.75, 3.05) is 19.7 Å². The molecule has 0 N–H and O–H groups in total. The highest BCUT2D eigenvalue weighted by atomic mass is 32.1. The predicted molar refractivity (Wildman–Crippen MR) is 106 cm³/mol. The quantitative estimate of drug-likeness (QED) is 0.729. The number of benzene rings is 1. The molecule has 0 unspecified atom stereocenters. The first kappa shape index (κ1) is 18.9. The summed E-state index contributed by atoms with van der Waals surface area (Å²) in [5.41, 5.74) is 2.28. The van der Waals surface area contributed by atoms with Crippen molar-refractivity contribution in [2.24, 2.45) is 5.92 Å². The fourth-order valence-electron chi connectivity index (χ4n) is 3.52. The molecule has 0 bridgehead atoms. The zero-order valence-corrected chi connectivity index (χ0v) is 16.6. The number of thiazole rings is 1. The van der Waals surface area contributed by atoms with Gasteiger partial charge >= 0.3 is 0 Å². The number of piperidine rings is 1. The second-order valence-electron chi connectivity index (χ2n) is 6.97. The Morgan fingerprint density at radius 1 is 1.27 bits per heavy atom. The summed E-state index contributed by atoms with van der Waals surface area (Å²) in [5.74, 6) is 1.88. The van der Waals surface area contributed by atoms with E-state index in [1.54, 1.807) is 11.3 Å². The van der Waals surface area contributed by atoms with Gasteiger partial charge in [0.25, 0.3) is 0 Å². The third kappa shape index (κ3) is 5.31. The number of carbonyl (C=O) groups is 1. The van der Waals surface area contributed by atoms with Gasteiger partial charge in [-0.15, -0.1) is 11.3 Å². The van der Waals surface area contributed by atoms with Gasteiger partial charge in [0.05, 0.1) is 23.7 Å². The van der Waals surface area contributed by atoms with Gasteiger partial charge in [-0.05, 0) is 63.1 Å². The molecule has 3 rings (SSSR count). The van der Waals surface area contributed by atoms with E-state index in [0.29, 0.717) is 18.9 Å². The normalized spacial score (nSPS) is 15.2. The van der Waals surface area contributed by atoms with Crippen LogP contribution < -0.4 is 4.74 Å². The highest BCUT2D eigenvalue weighted by Crippen LogP contribution is 2.24. The van der Waals surface area contributed by atoms with Gasteiger partial charge in [-0.1, -0.05) is 12.1 Å². The summed E-state index contributed by atoms with van der Waals surface area (Å²) in [4.78, 5) is 18.8. The molecule has 1 aliphatic rings. The van der Waals surface area contributed by atoms with Crippen LogP contribution in [0.4, 0.5) is 0 Å². The molecule has 26 heavy (non-hydrogen) atoms. The number of carbonyl (C=O) groups excluding carboxylic acids is 1. The minimum atomic E-state index is 0.222. The summed E-state index contributed by atoms with van der Waals surface area (Å²) < 4.78 is 5.49. The predicted octanol–water partition coefficient (Wildman–Crippen LogP) is 4.26. The Kier molecular flexibility index (Phi) is 6.67. The second kappa shape index (κ2) is 9.17. The van der Waals surface area contributed by atoms with Gasteiger partial charge < -0.3 is 9.64 Å². The molecular weight excluding hydrogens is 344 g/mol. The lowest BCUT2D eigenvalue weighted by atomic mass is 9.90. The van der Waals surface area contributed by atoms with E-state index in [1.165, 1.54) is 12.0 Å². The zero-order chi connectivity index (χ0) is 18.4. The smallest absolute Gasteiger partial charge is 0.228 e. The van der Waals surface area contributed by atoms with Crippen molar-refractivity contribution in [3.8, 4) is 5.75 Å². The Bertz CT molecular complexity index is 703. The molecule has 0 spiro atoms. The summed E-state index contributed by atoms with van der Waals surface area (Å²) in [6, 6.07) is 8.44. The molecule has 140 valence electrons. The molecule has 0 atom stereocenters. The Hall–Kier alpha value is -1.88. The average molecular weight is 373 g/mol. The molecule has 1 fully saturated rings. The van der Waals surface area contributed by atoms with Gasteiger partial charge in [-0.25, -0.2) is 4.98 Å². The van der Waals surface area contributed by atoms with E-state index in [-0.39, 0.29) is 5.91 Å². The van der Waals surface area contributed by atoms with Crippen LogP contribution in [0.2, 0.25) is 0 Å². The maximum Gasteiger partial charge on any atom is 0.228 e. The lowest BCUT2D eigenvalue weighted by Crippen LogP contribution is -2.39. The fourth-order valence-corrected chi connectivity index (χ4v) is 4.13. The maximum absolute atomic E-state index is 12.4. The van der Waals surface area contributed by atoms with E-state index in [1.807, 2.05) is 24.1 Å². The van der Waals surface area contributed by atoms with Crippen LogP contribution in [0.15, 0.2) is 29.6 Å². The van der Waals surface area contributed by atoms with Crippen LogP contribution in [-0.4, -0.2) is 35.5 Å². The number of ether oxygens (including phenoxy) is 1. The van der Waals surface area contributed by atoms with Crippen molar-refractivity contribution < 1.29 is 9.53 Å². The van der Waals surface area contributed by atoms with Crippen LogP contribution >= 0.6 is 11.3 Å². The number of nitrogens with zero attached hydrogens (tertiary/aromatic N) is 2. The SMILES string of the molecule is CCOc1ccc(CCC2CCN(C(=O)Cc3csc(C)n3)CC2)cc1. The lowest BCUT2D eigenvalue weighted by Gasteiger charge is -2.32. The van der Waals surface area contributed by atoms with E-state index in [0.717, 1.165) is 48.8 Å². The molecule has 2 aromatic rings. The Morgan fingerprint density at radius 3 is 2.62 bits per heavy atom. The van der Waals surface area contributed by atoms with Gasteiger partial charge in [-0.3, -0.25) is 4.79 Å². The monoisotopic (exact) mass is 372 g/mol. The Morgan fingerprint density at radius 2 is 2.00 bits per heavy atom. The van der Waals surface area contributed by atoms with Gasteiger partial charge in [0.15, 0.2) is 0 Å². The summed E-state index contributed by atoms with van der Waals surface area (Å²) in [6.07, 6.45) is 4.96. The van der Waals surface area contributed by atoms with Crippen molar-refractivity contribution in [2.45, 2.75) is 46.0 Å². The highest BCUT2D eigenvalue weighted by molar-refractivity contribution is 7.09. The number of amides is 1. The van der Waals surface area contributed by atoms with Gasteiger partial charge in [0.1, 0.15) is 5.75 Å². The fraction of sp³-hybridized carbons (Fsp3) is 0.524.